The normalized spacial score (nSPS) is 23.5. The molecule has 1 aromatic rings. The SMILES string of the molecule is CC(C)Oc1cc(N)c(Cl)cc1C(=O)NC[C@@H]1CN2CCC[C@@H]2CO1. The van der Waals surface area contributed by atoms with Crippen molar-refractivity contribution in [3.8, 4) is 5.75 Å². The Morgan fingerprint density at radius 2 is 2.32 bits per heavy atom. The Morgan fingerprint density at radius 1 is 1.52 bits per heavy atom. The van der Waals surface area contributed by atoms with Crippen molar-refractivity contribution >= 4 is 23.2 Å². The maximum absolute atomic E-state index is 12.6. The van der Waals surface area contributed by atoms with E-state index in [9.17, 15) is 4.79 Å². The number of nitrogen functional groups attached to an aromatic ring is 1. The summed E-state index contributed by atoms with van der Waals surface area (Å²) in [6.07, 6.45) is 2.38. The average Bonchev–Trinajstić information content (AvgIpc) is 3.03. The number of hydrogen-bond acceptors (Lipinski definition) is 5. The van der Waals surface area contributed by atoms with Crippen LogP contribution in [0.2, 0.25) is 5.02 Å². The number of amides is 1. The molecule has 0 unspecified atom stereocenters. The molecule has 138 valence electrons. The third-order valence-corrected chi connectivity index (χ3v) is 4.99. The van der Waals surface area contributed by atoms with Gasteiger partial charge in [0.15, 0.2) is 0 Å². The predicted octanol–water partition coefficient (Wildman–Crippen LogP) is 2.30. The van der Waals surface area contributed by atoms with E-state index in [-0.39, 0.29) is 18.1 Å². The molecule has 2 heterocycles. The number of fused-ring (bicyclic) bond motifs is 1. The van der Waals surface area contributed by atoms with Crippen LogP contribution in [-0.2, 0) is 4.74 Å². The van der Waals surface area contributed by atoms with Gasteiger partial charge < -0.3 is 20.5 Å². The number of nitrogens with two attached hydrogens (primary N) is 1. The van der Waals surface area contributed by atoms with Crippen molar-refractivity contribution in [3.63, 3.8) is 0 Å². The number of nitrogens with one attached hydrogen (secondary N) is 1. The largest absolute Gasteiger partial charge is 0.490 e. The van der Waals surface area contributed by atoms with Gasteiger partial charge in [0.1, 0.15) is 5.75 Å². The van der Waals surface area contributed by atoms with Crippen molar-refractivity contribution in [3.05, 3.63) is 22.7 Å². The van der Waals surface area contributed by atoms with E-state index in [4.69, 9.17) is 26.8 Å². The molecular formula is C18H26ClN3O3. The number of hydrogen-bond donors (Lipinski definition) is 2. The number of rotatable bonds is 5. The molecule has 0 spiro atoms. The Labute approximate surface area is 153 Å². The summed E-state index contributed by atoms with van der Waals surface area (Å²) >= 11 is 6.08. The zero-order chi connectivity index (χ0) is 18.0. The minimum atomic E-state index is -0.232. The molecule has 25 heavy (non-hydrogen) atoms. The number of benzene rings is 1. The molecule has 0 aromatic heterocycles. The van der Waals surface area contributed by atoms with Gasteiger partial charge in [-0.25, -0.2) is 0 Å². The second-order valence-electron chi connectivity index (χ2n) is 6.99. The quantitative estimate of drug-likeness (QED) is 0.781. The third kappa shape index (κ3) is 4.37. The van der Waals surface area contributed by atoms with Gasteiger partial charge in [-0.2, -0.15) is 0 Å². The van der Waals surface area contributed by atoms with Gasteiger partial charge >= 0.3 is 0 Å². The van der Waals surface area contributed by atoms with Crippen LogP contribution in [0.4, 0.5) is 5.69 Å². The molecule has 2 fully saturated rings. The van der Waals surface area contributed by atoms with E-state index in [0.29, 0.717) is 34.6 Å². The molecule has 0 radical (unpaired) electrons. The topological polar surface area (TPSA) is 76.8 Å². The smallest absolute Gasteiger partial charge is 0.255 e. The predicted molar refractivity (Wildman–Crippen MR) is 98.3 cm³/mol. The van der Waals surface area contributed by atoms with Crippen molar-refractivity contribution in [2.45, 2.75) is 44.9 Å². The van der Waals surface area contributed by atoms with E-state index in [1.807, 2.05) is 13.8 Å². The lowest BCUT2D eigenvalue weighted by atomic mass is 10.1. The molecule has 1 amide bonds. The minimum absolute atomic E-state index is 0.0111. The van der Waals surface area contributed by atoms with E-state index in [2.05, 4.69) is 10.2 Å². The third-order valence-electron chi connectivity index (χ3n) is 4.66. The summed E-state index contributed by atoms with van der Waals surface area (Å²) in [6.45, 7) is 6.99. The van der Waals surface area contributed by atoms with E-state index >= 15 is 0 Å². The highest BCUT2D eigenvalue weighted by Gasteiger charge is 2.32. The number of morpholine rings is 1. The van der Waals surface area contributed by atoms with E-state index in [0.717, 1.165) is 19.7 Å². The first-order valence-corrected chi connectivity index (χ1v) is 9.21. The number of halogens is 1. The summed E-state index contributed by atoms with van der Waals surface area (Å²) in [5.41, 5.74) is 6.62. The van der Waals surface area contributed by atoms with Crippen molar-refractivity contribution in [2.24, 2.45) is 0 Å². The monoisotopic (exact) mass is 367 g/mol. The number of carbonyl (C=O) groups excluding carboxylic acids is 1. The van der Waals surface area contributed by atoms with Crippen LogP contribution in [0.25, 0.3) is 0 Å². The Hall–Kier alpha value is -1.50. The Kier molecular flexibility index (Phi) is 5.71. The zero-order valence-corrected chi connectivity index (χ0v) is 15.5. The summed E-state index contributed by atoms with van der Waals surface area (Å²) in [7, 11) is 0. The highest BCUT2D eigenvalue weighted by Crippen LogP contribution is 2.30. The van der Waals surface area contributed by atoms with Crippen LogP contribution in [0, 0.1) is 0 Å². The molecule has 2 aliphatic rings. The highest BCUT2D eigenvalue weighted by atomic mass is 35.5. The van der Waals surface area contributed by atoms with Gasteiger partial charge in [0.2, 0.25) is 0 Å². The summed E-state index contributed by atoms with van der Waals surface area (Å²) in [4.78, 5) is 15.1. The van der Waals surface area contributed by atoms with Crippen LogP contribution in [0.3, 0.4) is 0 Å². The second kappa shape index (κ2) is 7.81. The van der Waals surface area contributed by atoms with Crippen molar-refractivity contribution < 1.29 is 14.3 Å². The van der Waals surface area contributed by atoms with Gasteiger partial charge in [0.25, 0.3) is 5.91 Å². The van der Waals surface area contributed by atoms with Gasteiger partial charge in [-0.05, 0) is 39.3 Å². The molecule has 2 saturated heterocycles. The fraction of sp³-hybridized carbons (Fsp3) is 0.611. The number of nitrogens with zero attached hydrogens (tertiary/aromatic N) is 1. The molecule has 3 N–H and O–H groups in total. The lowest BCUT2D eigenvalue weighted by Crippen LogP contribution is -2.50. The van der Waals surface area contributed by atoms with Crippen molar-refractivity contribution in [2.75, 3.05) is 32.0 Å². The molecule has 0 bridgehead atoms. The first-order valence-electron chi connectivity index (χ1n) is 8.83. The molecule has 0 aliphatic carbocycles. The molecule has 7 heteroatoms. The van der Waals surface area contributed by atoms with Crippen LogP contribution in [0.15, 0.2) is 12.1 Å². The fourth-order valence-electron chi connectivity index (χ4n) is 3.41. The minimum Gasteiger partial charge on any atom is -0.490 e. The Balaban J connectivity index is 1.63. The van der Waals surface area contributed by atoms with Crippen molar-refractivity contribution in [1.29, 1.82) is 0 Å². The van der Waals surface area contributed by atoms with Crippen LogP contribution < -0.4 is 15.8 Å². The van der Waals surface area contributed by atoms with Gasteiger partial charge in [0, 0.05) is 25.2 Å². The lowest BCUT2D eigenvalue weighted by molar-refractivity contribution is -0.0462. The first-order chi connectivity index (χ1) is 11.9. The first kappa shape index (κ1) is 18.3. The molecule has 2 aliphatic heterocycles. The Bertz CT molecular complexity index is 638. The molecule has 1 aromatic carbocycles. The van der Waals surface area contributed by atoms with Gasteiger partial charge in [0.05, 0.1) is 35.1 Å². The number of carbonyl (C=O) groups is 1. The maximum atomic E-state index is 12.6. The van der Waals surface area contributed by atoms with Gasteiger partial charge in [-0.3, -0.25) is 9.69 Å². The molecule has 6 nitrogen and oxygen atoms in total. The van der Waals surface area contributed by atoms with Crippen LogP contribution in [-0.4, -0.2) is 55.3 Å². The Morgan fingerprint density at radius 3 is 3.08 bits per heavy atom. The lowest BCUT2D eigenvalue weighted by Gasteiger charge is -2.35. The zero-order valence-electron chi connectivity index (χ0n) is 14.8. The maximum Gasteiger partial charge on any atom is 0.255 e. The number of anilines is 1. The van der Waals surface area contributed by atoms with Crippen LogP contribution in [0.1, 0.15) is 37.0 Å². The van der Waals surface area contributed by atoms with Crippen LogP contribution in [0.5, 0.6) is 5.75 Å². The van der Waals surface area contributed by atoms with Gasteiger partial charge in [-0.1, -0.05) is 11.6 Å². The fourth-order valence-corrected chi connectivity index (χ4v) is 3.57. The summed E-state index contributed by atoms with van der Waals surface area (Å²) in [6, 6.07) is 3.71. The number of ether oxygens (including phenoxy) is 2. The second-order valence-corrected chi connectivity index (χ2v) is 7.40. The van der Waals surface area contributed by atoms with E-state index < -0.39 is 0 Å². The van der Waals surface area contributed by atoms with E-state index in [1.54, 1.807) is 12.1 Å². The standard InChI is InChI=1S/C18H26ClN3O3/c1-11(2)25-17-7-16(20)15(19)6-14(17)18(23)21-8-13-9-22-5-3-4-12(22)10-24-13/h6-7,11-13H,3-5,8-10,20H2,1-2H3,(H,21,23)/t12-,13-/m1/s1. The summed E-state index contributed by atoms with van der Waals surface area (Å²) < 4.78 is 11.6. The summed E-state index contributed by atoms with van der Waals surface area (Å²) in [5.74, 6) is 0.211. The summed E-state index contributed by atoms with van der Waals surface area (Å²) in [5, 5.41) is 3.28. The average molecular weight is 368 g/mol. The van der Waals surface area contributed by atoms with E-state index in [1.165, 1.54) is 12.8 Å². The molecule has 3 rings (SSSR count). The molecular weight excluding hydrogens is 342 g/mol. The molecule has 2 atom stereocenters. The van der Waals surface area contributed by atoms with Crippen molar-refractivity contribution in [1.82, 2.24) is 10.2 Å². The molecule has 0 saturated carbocycles. The van der Waals surface area contributed by atoms with Crippen LogP contribution >= 0.6 is 11.6 Å². The highest BCUT2D eigenvalue weighted by molar-refractivity contribution is 6.33. The van der Waals surface area contributed by atoms with Gasteiger partial charge in [-0.15, -0.1) is 0 Å².